The Morgan fingerprint density at radius 1 is 0.932 bits per heavy atom. The standard InChI is InChI=1S/C33H21ClN4O4S2/c1-2-37-24-13-6-5-12-23(24)33(30(37)41)26-27(39)22-16-20(34)14-15-25(22)42-28(26)29(40)38(33)31-35-36-32(44-31)43-17-19-10-7-9-18-8-3-4-11-21(18)19/h3-16H,2,17H2,1H3. The van der Waals surface area contributed by atoms with Crippen LogP contribution in [0.15, 0.2) is 98.5 Å². The number of aromatic nitrogens is 2. The quantitative estimate of drug-likeness (QED) is 0.148. The molecule has 2 aliphatic heterocycles. The van der Waals surface area contributed by atoms with Gasteiger partial charge in [-0.05, 0) is 47.5 Å². The topological polar surface area (TPSA) is 96.6 Å². The first-order valence-electron chi connectivity index (χ1n) is 13.9. The molecule has 216 valence electrons. The van der Waals surface area contributed by atoms with E-state index in [9.17, 15) is 14.4 Å². The van der Waals surface area contributed by atoms with Crippen molar-refractivity contribution in [3.05, 3.63) is 123 Å². The summed E-state index contributed by atoms with van der Waals surface area (Å²) in [4.78, 5) is 46.1. The van der Waals surface area contributed by atoms with Crippen molar-refractivity contribution >= 4 is 79.1 Å². The van der Waals surface area contributed by atoms with Crippen LogP contribution in [0.1, 0.15) is 34.2 Å². The second-order valence-corrected chi connectivity index (χ2v) is 13.1. The van der Waals surface area contributed by atoms with Gasteiger partial charge >= 0.3 is 0 Å². The number of amides is 2. The first kappa shape index (κ1) is 27.1. The van der Waals surface area contributed by atoms with Crippen LogP contribution in [-0.4, -0.2) is 28.6 Å². The minimum absolute atomic E-state index is 0.0363. The van der Waals surface area contributed by atoms with E-state index in [4.69, 9.17) is 16.0 Å². The maximum atomic E-state index is 14.6. The van der Waals surface area contributed by atoms with Gasteiger partial charge in [0.25, 0.3) is 11.8 Å². The third kappa shape index (κ3) is 3.68. The molecule has 2 aromatic heterocycles. The Morgan fingerprint density at radius 2 is 1.73 bits per heavy atom. The van der Waals surface area contributed by atoms with Crippen molar-refractivity contribution in [2.75, 3.05) is 16.3 Å². The molecule has 11 heteroatoms. The molecule has 6 aromatic rings. The molecule has 0 aliphatic carbocycles. The van der Waals surface area contributed by atoms with Crippen LogP contribution in [0.3, 0.4) is 0 Å². The van der Waals surface area contributed by atoms with Gasteiger partial charge in [0.15, 0.2) is 15.3 Å². The van der Waals surface area contributed by atoms with Gasteiger partial charge in [0.2, 0.25) is 10.9 Å². The Balaban J connectivity index is 1.29. The zero-order chi connectivity index (χ0) is 30.2. The summed E-state index contributed by atoms with van der Waals surface area (Å²) in [5.41, 5.74) is 0.135. The maximum Gasteiger partial charge on any atom is 0.297 e. The van der Waals surface area contributed by atoms with Crippen LogP contribution in [0.5, 0.6) is 0 Å². The highest BCUT2D eigenvalue weighted by atomic mass is 35.5. The second-order valence-electron chi connectivity index (χ2n) is 10.5. The summed E-state index contributed by atoms with van der Waals surface area (Å²) in [6.07, 6.45) is 0. The molecular weight excluding hydrogens is 616 g/mol. The molecule has 2 aliphatic rings. The third-order valence-corrected chi connectivity index (χ3v) is 10.5. The van der Waals surface area contributed by atoms with Gasteiger partial charge in [-0.25, -0.2) is 0 Å². The van der Waals surface area contributed by atoms with Gasteiger partial charge in [-0.1, -0.05) is 95.4 Å². The van der Waals surface area contributed by atoms with E-state index >= 15 is 0 Å². The third-order valence-electron chi connectivity index (χ3n) is 8.22. The summed E-state index contributed by atoms with van der Waals surface area (Å²) in [5, 5.41) is 11.8. The normalized spacial score (nSPS) is 17.3. The van der Waals surface area contributed by atoms with Crippen molar-refractivity contribution in [3.63, 3.8) is 0 Å². The number of hydrogen-bond donors (Lipinski definition) is 0. The highest BCUT2D eigenvalue weighted by Gasteiger charge is 2.66. The fourth-order valence-electron chi connectivity index (χ4n) is 6.36. The lowest BCUT2D eigenvalue weighted by molar-refractivity contribution is -0.121. The Morgan fingerprint density at radius 3 is 2.59 bits per heavy atom. The Kier molecular flexibility index (Phi) is 6.16. The lowest BCUT2D eigenvalue weighted by atomic mass is 9.84. The number of carbonyl (C=O) groups is 2. The van der Waals surface area contributed by atoms with Crippen molar-refractivity contribution in [1.29, 1.82) is 0 Å². The van der Waals surface area contributed by atoms with E-state index in [-0.39, 0.29) is 27.4 Å². The fraction of sp³-hybridized carbons (Fsp3) is 0.121. The number of nitrogens with zero attached hydrogens (tertiary/aromatic N) is 4. The number of halogens is 1. The average Bonchev–Trinajstić information content (AvgIpc) is 3.68. The van der Waals surface area contributed by atoms with Crippen molar-refractivity contribution in [1.82, 2.24) is 10.2 Å². The largest absolute Gasteiger partial charge is 0.450 e. The van der Waals surface area contributed by atoms with Crippen molar-refractivity contribution < 1.29 is 14.0 Å². The molecule has 4 aromatic carbocycles. The molecule has 2 amide bonds. The number of carbonyl (C=O) groups excluding carboxylic acids is 2. The molecule has 8 rings (SSSR count). The SMILES string of the molecule is CCN1C(=O)C2(c3ccccc31)c1c(oc3ccc(Cl)cc3c1=O)C(=O)N2c1nnc(SCc2cccc3ccccc23)s1. The summed E-state index contributed by atoms with van der Waals surface area (Å²) in [5.74, 6) is -0.614. The van der Waals surface area contributed by atoms with Crippen LogP contribution in [-0.2, 0) is 16.1 Å². The smallest absolute Gasteiger partial charge is 0.297 e. The van der Waals surface area contributed by atoms with E-state index in [1.54, 1.807) is 29.2 Å². The maximum absolute atomic E-state index is 14.6. The van der Waals surface area contributed by atoms with Gasteiger partial charge in [0.05, 0.1) is 16.6 Å². The first-order chi connectivity index (χ1) is 21.4. The molecule has 0 N–H and O–H groups in total. The average molecular weight is 637 g/mol. The van der Waals surface area contributed by atoms with Crippen LogP contribution < -0.4 is 15.2 Å². The minimum atomic E-state index is -1.81. The first-order valence-corrected chi connectivity index (χ1v) is 16.1. The molecular formula is C33H21ClN4O4S2. The number of fused-ring (bicyclic) bond motifs is 6. The van der Waals surface area contributed by atoms with Gasteiger partial charge < -0.3 is 9.32 Å². The molecule has 0 radical (unpaired) electrons. The molecule has 1 unspecified atom stereocenters. The molecule has 0 saturated carbocycles. The monoisotopic (exact) mass is 636 g/mol. The highest BCUT2D eigenvalue weighted by molar-refractivity contribution is 8.00. The number of anilines is 2. The van der Waals surface area contributed by atoms with Crippen LogP contribution in [0.25, 0.3) is 21.7 Å². The fourth-order valence-corrected chi connectivity index (χ4v) is 8.43. The lowest BCUT2D eigenvalue weighted by Crippen LogP contribution is -2.53. The molecule has 1 atom stereocenters. The zero-order valence-electron chi connectivity index (χ0n) is 23.1. The Labute approximate surface area is 263 Å². The number of para-hydroxylation sites is 1. The molecule has 44 heavy (non-hydrogen) atoms. The van der Waals surface area contributed by atoms with Gasteiger partial charge in [0.1, 0.15) is 5.58 Å². The summed E-state index contributed by atoms with van der Waals surface area (Å²) < 4.78 is 6.73. The number of benzene rings is 4. The van der Waals surface area contributed by atoms with Crippen LogP contribution in [0, 0.1) is 0 Å². The van der Waals surface area contributed by atoms with Gasteiger partial charge in [-0.15, -0.1) is 10.2 Å². The van der Waals surface area contributed by atoms with Crippen LogP contribution >= 0.6 is 34.7 Å². The molecule has 8 nitrogen and oxygen atoms in total. The van der Waals surface area contributed by atoms with E-state index in [1.807, 2.05) is 37.3 Å². The number of hydrogen-bond acceptors (Lipinski definition) is 8. The molecule has 4 heterocycles. The van der Waals surface area contributed by atoms with E-state index in [2.05, 4.69) is 34.5 Å². The number of rotatable bonds is 5. The molecule has 0 saturated heterocycles. The van der Waals surface area contributed by atoms with Gasteiger partial charge in [0, 0.05) is 22.9 Å². The summed E-state index contributed by atoms with van der Waals surface area (Å²) in [6, 6.07) is 26.2. The van der Waals surface area contributed by atoms with E-state index < -0.39 is 22.8 Å². The van der Waals surface area contributed by atoms with Crippen molar-refractivity contribution in [2.45, 2.75) is 22.6 Å². The molecule has 0 fully saturated rings. The number of thioether (sulfide) groups is 1. The summed E-state index contributed by atoms with van der Waals surface area (Å²) in [7, 11) is 0. The predicted molar refractivity (Wildman–Crippen MR) is 173 cm³/mol. The summed E-state index contributed by atoms with van der Waals surface area (Å²) >= 11 is 8.95. The number of likely N-dealkylation sites (N-methyl/N-ethyl adjacent to an activating group) is 1. The van der Waals surface area contributed by atoms with Crippen molar-refractivity contribution in [2.24, 2.45) is 0 Å². The van der Waals surface area contributed by atoms with Crippen molar-refractivity contribution in [3.8, 4) is 0 Å². The second kappa shape index (κ2) is 10.0. The Bertz CT molecular complexity index is 2240. The van der Waals surface area contributed by atoms with E-state index in [1.165, 1.54) is 34.1 Å². The predicted octanol–water partition coefficient (Wildman–Crippen LogP) is 7.01. The highest BCUT2D eigenvalue weighted by Crippen LogP contribution is 2.54. The van der Waals surface area contributed by atoms with Crippen LogP contribution in [0.2, 0.25) is 5.02 Å². The summed E-state index contributed by atoms with van der Waals surface area (Å²) in [6.45, 7) is 2.19. The van der Waals surface area contributed by atoms with Crippen LogP contribution in [0.4, 0.5) is 10.8 Å². The van der Waals surface area contributed by atoms with E-state index in [0.717, 1.165) is 16.3 Å². The zero-order valence-corrected chi connectivity index (χ0v) is 25.5. The van der Waals surface area contributed by atoms with Gasteiger partial charge in [-0.2, -0.15) is 0 Å². The minimum Gasteiger partial charge on any atom is -0.450 e. The molecule has 1 spiro atoms. The molecule has 0 bridgehead atoms. The Hall–Kier alpha value is -4.51. The van der Waals surface area contributed by atoms with E-state index in [0.29, 0.717) is 32.9 Å². The van der Waals surface area contributed by atoms with Gasteiger partial charge in [-0.3, -0.25) is 19.3 Å². The lowest BCUT2D eigenvalue weighted by Gasteiger charge is -2.31.